The fourth-order valence-corrected chi connectivity index (χ4v) is 3.17. The molecule has 4 rings (SSSR count). The molecule has 112 valence electrons. The van der Waals surface area contributed by atoms with Crippen molar-refractivity contribution in [2.45, 2.75) is 6.92 Å². The molecule has 0 fully saturated rings. The van der Waals surface area contributed by atoms with E-state index in [9.17, 15) is 4.79 Å². The summed E-state index contributed by atoms with van der Waals surface area (Å²) in [7, 11) is 0. The molecule has 3 heterocycles. The smallest absolute Gasteiger partial charge is 0.266 e. The molecule has 0 radical (unpaired) electrons. The minimum atomic E-state index is -0.145. The molecule has 0 unspecified atom stereocenters. The predicted molar refractivity (Wildman–Crippen MR) is 90.3 cm³/mol. The molecular weight excluding hydrogens is 308 g/mol. The van der Waals surface area contributed by atoms with E-state index >= 15 is 0 Å². The second-order valence-corrected chi connectivity index (χ2v) is 6.21. The van der Waals surface area contributed by atoms with E-state index in [-0.39, 0.29) is 5.56 Å². The number of rotatable bonds is 2. The molecule has 0 aliphatic heterocycles. The van der Waals surface area contributed by atoms with Crippen LogP contribution in [-0.4, -0.2) is 19.6 Å². The van der Waals surface area contributed by atoms with Crippen LogP contribution in [-0.2, 0) is 0 Å². The van der Waals surface area contributed by atoms with Gasteiger partial charge in [0, 0.05) is 18.0 Å². The van der Waals surface area contributed by atoms with Crippen LogP contribution in [0.2, 0.25) is 0 Å². The molecule has 0 saturated heterocycles. The lowest BCUT2D eigenvalue weighted by Crippen LogP contribution is -2.23. The summed E-state index contributed by atoms with van der Waals surface area (Å²) in [4.78, 5) is 21.5. The van der Waals surface area contributed by atoms with Crippen LogP contribution in [0.25, 0.3) is 22.4 Å². The fraction of sp³-hybridized carbons (Fsp3) is 0.0588. The molecule has 0 aliphatic carbocycles. The molecule has 0 bridgehead atoms. The van der Waals surface area contributed by atoms with Gasteiger partial charge in [0.15, 0.2) is 5.82 Å². The molecule has 0 atom stereocenters. The summed E-state index contributed by atoms with van der Waals surface area (Å²) in [5.41, 5.74) is 2.83. The number of hydrogen-bond donors (Lipinski definition) is 0. The first-order valence-electron chi connectivity index (χ1n) is 7.09. The molecule has 6 heteroatoms. The van der Waals surface area contributed by atoms with Crippen molar-refractivity contribution in [3.8, 4) is 11.4 Å². The zero-order valence-corrected chi connectivity index (χ0v) is 13.1. The first kappa shape index (κ1) is 13.8. The van der Waals surface area contributed by atoms with Crippen LogP contribution in [0.5, 0.6) is 0 Å². The summed E-state index contributed by atoms with van der Waals surface area (Å²) in [5.74, 6) is 0.517. The summed E-state index contributed by atoms with van der Waals surface area (Å²) in [6, 6.07) is 11.7. The predicted octanol–water partition coefficient (Wildman–Crippen LogP) is 2.07. The Morgan fingerprint density at radius 1 is 1.17 bits per heavy atom. The Balaban J connectivity index is 1.82. The summed E-state index contributed by atoms with van der Waals surface area (Å²) >= 11 is 1.34. The van der Waals surface area contributed by atoms with Gasteiger partial charge in [-0.2, -0.15) is 9.50 Å². The van der Waals surface area contributed by atoms with Gasteiger partial charge in [-0.25, -0.2) is 0 Å². The number of pyridine rings is 1. The van der Waals surface area contributed by atoms with Crippen LogP contribution in [0.3, 0.4) is 0 Å². The summed E-state index contributed by atoms with van der Waals surface area (Å²) in [6.45, 7) is 2.03. The maximum atomic E-state index is 12.5. The highest BCUT2D eigenvalue weighted by Crippen LogP contribution is 2.14. The van der Waals surface area contributed by atoms with Gasteiger partial charge in [-0.05, 0) is 30.7 Å². The summed E-state index contributed by atoms with van der Waals surface area (Å²) < 4.78 is 1.98. The highest BCUT2D eigenvalue weighted by Gasteiger charge is 2.11. The van der Waals surface area contributed by atoms with Gasteiger partial charge in [0.25, 0.3) is 5.56 Å². The lowest BCUT2D eigenvalue weighted by Gasteiger charge is -1.93. The van der Waals surface area contributed by atoms with E-state index in [4.69, 9.17) is 0 Å². The third-order valence-corrected chi connectivity index (χ3v) is 4.44. The number of aromatic nitrogens is 4. The Labute approximate surface area is 135 Å². The highest BCUT2D eigenvalue weighted by atomic mass is 32.1. The Kier molecular flexibility index (Phi) is 3.24. The standard InChI is InChI=1S/C17H12N4OS/c1-11-4-6-12(7-5-11)9-14-16(22)21-17(23-14)19-15(20-21)13-3-2-8-18-10-13/h2-10H,1H3/b14-9+. The van der Waals surface area contributed by atoms with Crippen molar-refractivity contribution in [1.29, 1.82) is 0 Å². The second kappa shape index (κ2) is 5.40. The molecule has 5 nitrogen and oxygen atoms in total. The third-order valence-electron chi connectivity index (χ3n) is 3.48. The lowest BCUT2D eigenvalue weighted by atomic mass is 10.1. The molecule has 0 amide bonds. The van der Waals surface area contributed by atoms with Gasteiger partial charge in [0.2, 0.25) is 4.96 Å². The Morgan fingerprint density at radius 3 is 2.70 bits per heavy atom. The van der Waals surface area contributed by atoms with Crippen molar-refractivity contribution in [2.75, 3.05) is 0 Å². The van der Waals surface area contributed by atoms with Crippen LogP contribution >= 0.6 is 11.3 Å². The molecule has 0 aliphatic rings. The van der Waals surface area contributed by atoms with Crippen molar-refractivity contribution >= 4 is 22.4 Å². The first-order valence-corrected chi connectivity index (χ1v) is 7.91. The number of nitrogens with zero attached hydrogens (tertiary/aromatic N) is 4. The fourth-order valence-electron chi connectivity index (χ4n) is 2.27. The normalized spacial score (nSPS) is 12.1. The average molecular weight is 320 g/mol. The van der Waals surface area contributed by atoms with E-state index in [0.717, 1.165) is 11.1 Å². The summed E-state index contributed by atoms with van der Waals surface area (Å²) in [5, 5.41) is 4.30. The van der Waals surface area contributed by atoms with Crippen molar-refractivity contribution in [3.63, 3.8) is 0 Å². The van der Waals surface area contributed by atoms with E-state index in [0.29, 0.717) is 15.3 Å². The number of thiazole rings is 1. The monoisotopic (exact) mass is 320 g/mol. The van der Waals surface area contributed by atoms with Gasteiger partial charge in [-0.15, -0.1) is 5.10 Å². The molecule has 3 aromatic heterocycles. The first-order chi connectivity index (χ1) is 11.2. The minimum absolute atomic E-state index is 0.145. The largest absolute Gasteiger partial charge is 0.291 e. The maximum absolute atomic E-state index is 12.5. The number of fused-ring (bicyclic) bond motifs is 1. The quantitative estimate of drug-likeness (QED) is 0.567. The number of aryl methyl sites for hydroxylation is 1. The van der Waals surface area contributed by atoms with Crippen LogP contribution < -0.4 is 10.1 Å². The average Bonchev–Trinajstić information content (AvgIpc) is 3.11. The van der Waals surface area contributed by atoms with E-state index in [1.54, 1.807) is 12.4 Å². The van der Waals surface area contributed by atoms with Crippen molar-refractivity contribution in [1.82, 2.24) is 19.6 Å². The van der Waals surface area contributed by atoms with Gasteiger partial charge >= 0.3 is 0 Å². The highest BCUT2D eigenvalue weighted by molar-refractivity contribution is 7.15. The number of hydrogen-bond acceptors (Lipinski definition) is 5. The maximum Gasteiger partial charge on any atom is 0.291 e. The van der Waals surface area contributed by atoms with Gasteiger partial charge in [0.1, 0.15) is 0 Å². The SMILES string of the molecule is Cc1ccc(/C=c2/sc3nc(-c4cccnc4)nn3c2=O)cc1. The Bertz CT molecular complexity index is 1080. The van der Waals surface area contributed by atoms with E-state index in [2.05, 4.69) is 15.1 Å². The van der Waals surface area contributed by atoms with Crippen LogP contribution in [0.4, 0.5) is 0 Å². The minimum Gasteiger partial charge on any atom is -0.266 e. The van der Waals surface area contributed by atoms with E-state index in [1.807, 2.05) is 49.4 Å². The van der Waals surface area contributed by atoms with E-state index < -0.39 is 0 Å². The second-order valence-electron chi connectivity index (χ2n) is 5.20. The van der Waals surface area contributed by atoms with Crippen LogP contribution in [0, 0.1) is 6.92 Å². The van der Waals surface area contributed by atoms with Crippen LogP contribution in [0.1, 0.15) is 11.1 Å². The van der Waals surface area contributed by atoms with Crippen molar-refractivity contribution in [2.24, 2.45) is 0 Å². The van der Waals surface area contributed by atoms with Gasteiger partial charge in [0.05, 0.1) is 4.53 Å². The molecule has 0 spiro atoms. The zero-order chi connectivity index (χ0) is 15.8. The molecule has 23 heavy (non-hydrogen) atoms. The van der Waals surface area contributed by atoms with Gasteiger partial charge < -0.3 is 0 Å². The van der Waals surface area contributed by atoms with Crippen LogP contribution in [0.15, 0.2) is 53.6 Å². The molecule has 1 aromatic carbocycles. The zero-order valence-electron chi connectivity index (χ0n) is 12.3. The summed E-state index contributed by atoms with van der Waals surface area (Å²) in [6.07, 6.45) is 5.24. The Morgan fingerprint density at radius 2 is 2.00 bits per heavy atom. The lowest BCUT2D eigenvalue weighted by molar-refractivity contribution is 0.936. The van der Waals surface area contributed by atoms with Gasteiger partial charge in [-0.1, -0.05) is 41.2 Å². The molecule has 4 aromatic rings. The molecule has 0 N–H and O–H groups in total. The van der Waals surface area contributed by atoms with Crippen molar-refractivity contribution in [3.05, 3.63) is 74.8 Å². The third kappa shape index (κ3) is 2.53. The molecular formula is C17H12N4OS. The van der Waals surface area contributed by atoms with Crippen molar-refractivity contribution < 1.29 is 0 Å². The van der Waals surface area contributed by atoms with E-state index in [1.165, 1.54) is 21.4 Å². The Hall–Kier alpha value is -2.86. The topological polar surface area (TPSA) is 60.1 Å². The molecule has 0 saturated carbocycles. The number of benzene rings is 1. The van der Waals surface area contributed by atoms with Gasteiger partial charge in [-0.3, -0.25) is 9.78 Å².